The predicted molar refractivity (Wildman–Crippen MR) is 227 cm³/mol. The highest BCUT2D eigenvalue weighted by Gasteiger charge is 2.35. The highest BCUT2D eigenvalue weighted by molar-refractivity contribution is 7.59. The van der Waals surface area contributed by atoms with Crippen LogP contribution in [0, 0.1) is 11.8 Å². The molecule has 1 fully saturated rings. The molecule has 2 aromatic carbocycles. The zero-order valence-electron chi connectivity index (χ0n) is 32.1. The summed E-state index contributed by atoms with van der Waals surface area (Å²) < 4.78 is 16.8. The third kappa shape index (κ3) is 10.8. The van der Waals surface area contributed by atoms with E-state index in [4.69, 9.17) is 19.2 Å². The average molecular weight is 814 g/mol. The van der Waals surface area contributed by atoms with Crippen LogP contribution in [-0.4, -0.2) is 94.2 Å². The summed E-state index contributed by atoms with van der Waals surface area (Å²) in [7, 11) is 2.91. The molecule has 4 heterocycles. The van der Waals surface area contributed by atoms with Crippen LogP contribution >= 0.6 is 40.5 Å². The van der Waals surface area contributed by atoms with Gasteiger partial charge < -0.3 is 39.3 Å². The number of carbonyl (C=O) groups is 3. The Morgan fingerprint density at radius 1 is 0.909 bits per heavy atom. The summed E-state index contributed by atoms with van der Waals surface area (Å²) >= 11 is 0. The summed E-state index contributed by atoms with van der Waals surface area (Å²) in [5.74, 6) is 2.29. The fourth-order valence-corrected chi connectivity index (χ4v) is 6.61. The standard InChI is InChI=1S/C39H49N7O6.3H2S/c1-24(2)25(3)37(47)46-16-8-9-33(46)36-41-20-30(43-36)27-12-10-26(11-13-27)28-14-15-29-31-21-40-35(42-31)22-45(4)38(48)32(44-39(49)50-5)23-51-17-6-7-18-52-34(29)19-28;;;/h10-15,19-21,24-25,32-33H,6-9,16-18,22-23H2,1-5H3,(H,40,42)(H,41,43)(H,44,49);3*1H2/t25-,32-,33-;;;/m0.../s1. The monoisotopic (exact) mass is 813 g/mol. The van der Waals surface area contributed by atoms with Gasteiger partial charge >= 0.3 is 6.09 Å². The SMILES string of the molecule is COC(=O)N[C@H]1COCCCCOc2cc(-c3ccc(-c4cnc([C@@H]5CCCN5C(=O)[C@@H](C)C(C)C)[nH]4)cc3)ccc2-c2cnc([nH]2)CN(C)C1=O.S.S.S. The number of likely N-dealkylation sites (N-methyl/N-ethyl adjacent to an activating group) is 1. The largest absolute Gasteiger partial charge is 0.493 e. The normalized spacial score (nSPS) is 18.2. The minimum Gasteiger partial charge on any atom is -0.493 e. The Morgan fingerprint density at radius 2 is 1.60 bits per heavy atom. The number of benzene rings is 2. The van der Waals surface area contributed by atoms with Crippen LogP contribution in [0.4, 0.5) is 4.79 Å². The van der Waals surface area contributed by atoms with Crippen molar-refractivity contribution in [3.05, 3.63) is 66.5 Å². The van der Waals surface area contributed by atoms with Crippen LogP contribution in [0.2, 0.25) is 0 Å². The third-order valence-corrected chi connectivity index (χ3v) is 10.0. The molecule has 0 spiro atoms. The molecule has 0 radical (unpaired) electrons. The zero-order chi connectivity index (χ0) is 36.8. The second-order valence-corrected chi connectivity index (χ2v) is 13.9. The number of ether oxygens (including phenoxy) is 3. The minimum atomic E-state index is -0.889. The van der Waals surface area contributed by atoms with Crippen LogP contribution < -0.4 is 10.1 Å². The molecular weight excluding hydrogens is 759 g/mol. The quantitative estimate of drug-likeness (QED) is 0.205. The number of aromatic nitrogens is 4. The highest BCUT2D eigenvalue weighted by atomic mass is 32.1. The molecule has 6 rings (SSSR count). The van der Waals surface area contributed by atoms with E-state index in [9.17, 15) is 14.4 Å². The number of alkyl carbamates (subject to hydrolysis) is 1. The topological polar surface area (TPSA) is 155 Å². The fraction of sp³-hybridized carbons (Fsp3) is 0.462. The van der Waals surface area contributed by atoms with E-state index in [-0.39, 0.29) is 77.4 Å². The number of nitrogens with one attached hydrogen (secondary N) is 3. The number of hydrogen-bond acceptors (Lipinski definition) is 8. The highest BCUT2D eigenvalue weighted by Crippen LogP contribution is 2.36. The first-order chi connectivity index (χ1) is 25.1. The van der Waals surface area contributed by atoms with E-state index in [0.717, 1.165) is 71.0 Å². The maximum atomic E-state index is 13.2. The molecule has 13 nitrogen and oxygen atoms in total. The molecule has 3 atom stereocenters. The van der Waals surface area contributed by atoms with Gasteiger partial charge in [-0.05, 0) is 60.4 Å². The lowest BCUT2D eigenvalue weighted by Crippen LogP contribution is -2.49. The van der Waals surface area contributed by atoms with Gasteiger partial charge in [-0.15, -0.1) is 0 Å². The number of imidazole rings is 2. The Hall–Kier alpha value is -4.12. The third-order valence-electron chi connectivity index (χ3n) is 10.0. The predicted octanol–water partition coefficient (Wildman–Crippen LogP) is 6.30. The maximum Gasteiger partial charge on any atom is 0.407 e. The lowest BCUT2D eigenvalue weighted by atomic mass is 9.96. The van der Waals surface area contributed by atoms with Gasteiger partial charge in [-0.3, -0.25) is 9.59 Å². The molecule has 3 amide bonds. The van der Waals surface area contributed by atoms with E-state index < -0.39 is 12.1 Å². The molecule has 1 saturated heterocycles. The maximum absolute atomic E-state index is 13.2. The molecule has 3 N–H and O–H groups in total. The average Bonchev–Trinajstić information content (AvgIpc) is 3.94. The van der Waals surface area contributed by atoms with Crippen LogP contribution in [0.25, 0.3) is 33.6 Å². The molecule has 2 aliphatic heterocycles. The molecule has 2 bridgehead atoms. The van der Waals surface area contributed by atoms with Crippen molar-refractivity contribution in [2.45, 2.75) is 65.1 Å². The molecule has 55 heavy (non-hydrogen) atoms. The summed E-state index contributed by atoms with van der Waals surface area (Å²) in [6, 6.07) is 13.5. The van der Waals surface area contributed by atoms with Crippen LogP contribution in [-0.2, 0) is 25.6 Å². The van der Waals surface area contributed by atoms with Gasteiger partial charge in [-0.2, -0.15) is 40.5 Å². The summed E-state index contributed by atoms with van der Waals surface area (Å²) in [4.78, 5) is 57.9. The molecule has 0 aliphatic carbocycles. The van der Waals surface area contributed by atoms with E-state index >= 15 is 0 Å². The number of nitrogens with zero attached hydrogens (tertiary/aromatic N) is 4. The van der Waals surface area contributed by atoms with Gasteiger partial charge in [-0.1, -0.05) is 51.1 Å². The van der Waals surface area contributed by atoms with Gasteiger partial charge in [0.2, 0.25) is 11.8 Å². The van der Waals surface area contributed by atoms with Gasteiger partial charge in [0.1, 0.15) is 23.4 Å². The van der Waals surface area contributed by atoms with Gasteiger partial charge in [0.25, 0.3) is 0 Å². The number of fused-ring (bicyclic) bond motifs is 4. The van der Waals surface area contributed by atoms with E-state index in [1.165, 1.54) is 12.0 Å². The van der Waals surface area contributed by atoms with Crippen LogP contribution in [0.1, 0.15) is 64.1 Å². The van der Waals surface area contributed by atoms with Crippen molar-refractivity contribution >= 4 is 58.4 Å². The lowest BCUT2D eigenvalue weighted by molar-refractivity contribution is -0.137. The van der Waals surface area contributed by atoms with Crippen LogP contribution in [0.5, 0.6) is 5.75 Å². The van der Waals surface area contributed by atoms with Crippen molar-refractivity contribution in [1.29, 1.82) is 0 Å². The first kappa shape index (κ1) is 45.3. The van der Waals surface area contributed by atoms with Crippen molar-refractivity contribution in [3.8, 4) is 39.4 Å². The number of carbonyl (C=O) groups excluding carboxylic acids is 3. The van der Waals surface area contributed by atoms with Crippen molar-refractivity contribution < 1.29 is 28.6 Å². The number of amides is 3. The summed E-state index contributed by atoms with van der Waals surface area (Å²) in [6.45, 7) is 8.06. The molecule has 300 valence electrons. The lowest BCUT2D eigenvalue weighted by Gasteiger charge is -2.27. The van der Waals surface area contributed by atoms with E-state index in [1.54, 1.807) is 13.2 Å². The Morgan fingerprint density at radius 3 is 2.33 bits per heavy atom. The summed E-state index contributed by atoms with van der Waals surface area (Å²) in [5.41, 5.74) is 5.59. The molecule has 2 aromatic heterocycles. The van der Waals surface area contributed by atoms with Gasteiger partial charge in [0, 0.05) is 31.7 Å². The molecular formula is C39H55N7O6S3. The Balaban J connectivity index is 0.00000271. The number of H-pyrrole nitrogens is 2. The second-order valence-electron chi connectivity index (χ2n) is 13.9. The molecule has 0 saturated carbocycles. The van der Waals surface area contributed by atoms with Gasteiger partial charge in [0.15, 0.2) is 0 Å². The minimum absolute atomic E-state index is 0. The second kappa shape index (κ2) is 20.7. The fourth-order valence-electron chi connectivity index (χ4n) is 6.61. The number of rotatable bonds is 6. The first-order valence-electron chi connectivity index (χ1n) is 18.1. The molecule has 2 aliphatic rings. The Kier molecular flexibility index (Phi) is 17.0. The molecule has 0 unspecified atom stereocenters. The number of aromatic amines is 2. The van der Waals surface area contributed by atoms with Crippen molar-refractivity contribution in [3.63, 3.8) is 0 Å². The van der Waals surface area contributed by atoms with Gasteiger partial charge in [-0.25, -0.2) is 14.8 Å². The van der Waals surface area contributed by atoms with Crippen molar-refractivity contribution in [2.75, 3.05) is 40.5 Å². The van der Waals surface area contributed by atoms with Crippen LogP contribution in [0.15, 0.2) is 54.9 Å². The molecule has 4 aromatic rings. The smallest absolute Gasteiger partial charge is 0.407 e. The zero-order valence-corrected chi connectivity index (χ0v) is 35.1. The summed E-state index contributed by atoms with van der Waals surface area (Å²) in [5, 5.41) is 2.57. The number of likely N-dealkylation sites (tertiary alicyclic amines) is 1. The van der Waals surface area contributed by atoms with Gasteiger partial charge in [0.05, 0.1) is 56.7 Å². The van der Waals surface area contributed by atoms with Crippen molar-refractivity contribution in [1.82, 2.24) is 35.1 Å². The Labute approximate surface area is 344 Å². The Bertz CT molecular complexity index is 1870. The molecule has 16 heteroatoms. The van der Waals surface area contributed by atoms with Crippen molar-refractivity contribution in [2.24, 2.45) is 11.8 Å². The number of methoxy groups -OCH3 is 1. The first-order valence-corrected chi connectivity index (χ1v) is 18.1. The van der Waals surface area contributed by atoms with E-state index in [0.29, 0.717) is 31.4 Å². The summed E-state index contributed by atoms with van der Waals surface area (Å²) in [6.07, 6.45) is 6.21. The van der Waals surface area contributed by atoms with E-state index in [1.807, 2.05) is 30.2 Å². The van der Waals surface area contributed by atoms with Crippen LogP contribution in [0.3, 0.4) is 0 Å². The van der Waals surface area contributed by atoms with E-state index in [2.05, 4.69) is 64.4 Å². The number of hydrogen-bond donors (Lipinski definition) is 3.